The molecule has 2 atom stereocenters. The molecule has 0 aromatic heterocycles. The number of carboxylic acids is 1. The van der Waals surface area contributed by atoms with Crippen LogP contribution in [0.2, 0.25) is 0 Å². The average molecular weight is 281 g/mol. The highest BCUT2D eigenvalue weighted by molar-refractivity contribution is 5.94. The van der Waals surface area contributed by atoms with Gasteiger partial charge in [-0.25, -0.2) is 4.39 Å². The Morgan fingerprint density at radius 3 is 2.40 bits per heavy atom. The van der Waals surface area contributed by atoms with E-state index in [1.165, 1.54) is 30.0 Å². The summed E-state index contributed by atoms with van der Waals surface area (Å²) in [6.07, 6.45) is 0.673. The molecule has 0 fully saturated rings. The minimum atomic E-state index is -0.973. The first-order chi connectivity index (χ1) is 9.38. The van der Waals surface area contributed by atoms with Gasteiger partial charge >= 0.3 is 5.97 Å². The highest BCUT2D eigenvalue weighted by Crippen LogP contribution is 2.16. The van der Waals surface area contributed by atoms with Gasteiger partial charge in [-0.15, -0.1) is 0 Å². The average Bonchev–Trinajstić information content (AvgIpc) is 2.43. The third-order valence-corrected chi connectivity index (χ3v) is 3.38. The van der Waals surface area contributed by atoms with Crippen molar-refractivity contribution in [2.24, 2.45) is 5.92 Å². The lowest BCUT2D eigenvalue weighted by atomic mass is 10.1. The molecule has 110 valence electrons. The SMILES string of the molecule is CCC(C)N(CC(C)C(=O)O)C(=O)c1ccccc1F. The van der Waals surface area contributed by atoms with Crippen molar-refractivity contribution in [3.05, 3.63) is 35.6 Å². The van der Waals surface area contributed by atoms with Gasteiger partial charge in [-0.2, -0.15) is 0 Å². The van der Waals surface area contributed by atoms with Crippen LogP contribution in [0.5, 0.6) is 0 Å². The van der Waals surface area contributed by atoms with Crippen LogP contribution in [0, 0.1) is 11.7 Å². The van der Waals surface area contributed by atoms with Gasteiger partial charge in [0, 0.05) is 12.6 Å². The molecule has 0 spiro atoms. The molecule has 20 heavy (non-hydrogen) atoms. The Morgan fingerprint density at radius 1 is 1.30 bits per heavy atom. The number of amides is 1. The normalized spacial score (nSPS) is 13.6. The molecular formula is C15H20FNO3. The minimum absolute atomic E-state index is 0.0228. The summed E-state index contributed by atoms with van der Waals surface area (Å²) >= 11 is 0. The number of carboxylic acid groups (broad SMARTS) is 1. The van der Waals surface area contributed by atoms with E-state index in [9.17, 15) is 14.0 Å². The molecule has 0 radical (unpaired) electrons. The van der Waals surface area contributed by atoms with Crippen LogP contribution in [0.15, 0.2) is 24.3 Å². The lowest BCUT2D eigenvalue weighted by molar-refractivity contribution is -0.141. The van der Waals surface area contributed by atoms with Gasteiger partial charge in [-0.3, -0.25) is 9.59 Å². The van der Waals surface area contributed by atoms with Gasteiger partial charge in [0.15, 0.2) is 0 Å². The second kappa shape index (κ2) is 7.03. The van der Waals surface area contributed by atoms with E-state index in [2.05, 4.69) is 0 Å². The van der Waals surface area contributed by atoms with Crippen molar-refractivity contribution in [3.63, 3.8) is 0 Å². The molecule has 1 N–H and O–H groups in total. The Bertz CT molecular complexity index is 490. The molecule has 0 heterocycles. The van der Waals surface area contributed by atoms with Crippen LogP contribution >= 0.6 is 0 Å². The fourth-order valence-corrected chi connectivity index (χ4v) is 1.85. The number of nitrogens with zero attached hydrogens (tertiary/aromatic N) is 1. The minimum Gasteiger partial charge on any atom is -0.481 e. The molecule has 5 heteroatoms. The Hall–Kier alpha value is -1.91. The van der Waals surface area contributed by atoms with Crippen LogP contribution in [-0.2, 0) is 4.79 Å². The summed E-state index contributed by atoms with van der Waals surface area (Å²) in [5.41, 5.74) is -0.0228. The quantitative estimate of drug-likeness (QED) is 0.872. The van der Waals surface area contributed by atoms with Crippen molar-refractivity contribution >= 4 is 11.9 Å². The summed E-state index contributed by atoms with van der Waals surface area (Å²) in [5, 5.41) is 8.98. The summed E-state index contributed by atoms with van der Waals surface area (Å²) in [6, 6.07) is 5.59. The van der Waals surface area contributed by atoms with E-state index in [1.807, 2.05) is 13.8 Å². The van der Waals surface area contributed by atoms with Crippen molar-refractivity contribution in [1.29, 1.82) is 0 Å². The molecular weight excluding hydrogens is 261 g/mol. The third kappa shape index (κ3) is 3.79. The number of hydrogen-bond donors (Lipinski definition) is 1. The standard InChI is InChI=1S/C15H20FNO3/c1-4-11(3)17(9-10(2)15(19)20)14(18)12-7-5-6-8-13(12)16/h5-8,10-11H,4,9H2,1-3H3,(H,19,20). The van der Waals surface area contributed by atoms with Crippen molar-refractivity contribution in [1.82, 2.24) is 4.90 Å². The highest BCUT2D eigenvalue weighted by atomic mass is 19.1. The number of benzene rings is 1. The van der Waals surface area contributed by atoms with Gasteiger partial charge in [0.05, 0.1) is 11.5 Å². The van der Waals surface area contributed by atoms with Crippen molar-refractivity contribution in [2.75, 3.05) is 6.54 Å². The topological polar surface area (TPSA) is 57.6 Å². The van der Waals surface area contributed by atoms with E-state index in [0.717, 1.165) is 0 Å². The number of aliphatic carboxylic acids is 1. The Labute approximate surface area is 118 Å². The van der Waals surface area contributed by atoms with Crippen LogP contribution in [-0.4, -0.2) is 34.5 Å². The maximum atomic E-state index is 13.7. The fourth-order valence-electron chi connectivity index (χ4n) is 1.85. The first-order valence-corrected chi connectivity index (χ1v) is 6.66. The van der Waals surface area contributed by atoms with E-state index >= 15 is 0 Å². The van der Waals surface area contributed by atoms with Crippen LogP contribution < -0.4 is 0 Å². The third-order valence-electron chi connectivity index (χ3n) is 3.38. The van der Waals surface area contributed by atoms with Gasteiger partial charge < -0.3 is 10.0 Å². The molecule has 4 nitrogen and oxygen atoms in total. The van der Waals surface area contributed by atoms with E-state index in [4.69, 9.17) is 5.11 Å². The predicted octanol–water partition coefficient (Wildman–Crippen LogP) is 2.79. The van der Waals surface area contributed by atoms with E-state index in [-0.39, 0.29) is 18.2 Å². The van der Waals surface area contributed by atoms with Gasteiger partial charge in [0.1, 0.15) is 5.82 Å². The highest BCUT2D eigenvalue weighted by Gasteiger charge is 2.26. The molecule has 1 rings (SSSR count). The van der Waals surface area contributed by atoms with Crippen LogP contribution in [0.1, 0.15) is 37.6 Å². The zero-order chi connectivity index (χ0) is 15.3. The second-order valence-electron chi connectivity index (χ2n) is 4.93. The maximum Gasteiger partial charge on any atom is 0.308 e. The number of hydrogen-bond acceptors (Lipinski definition) is 2. The number of carbonyl (C=O) groups excluding carboxylic acids is 1. The van der Waals surface area contributed by atoms with E-state index in [0.29, 0.717) is 6.42 Å². The molecule has 1 aromatic carbocycles. The lowest BCUT2D eigenvalue weighted by Crippen LogP contribution is -2.42. The summed E-state index contributed by atoms with van der Waals surface area (Å²) < 4.78 is 13.7. The summed E-state index contributed by atoms with van der Waals surface area (Å²) in [5.74, 6) is -2.72. The van der Waals surface area contributed by atoms with E-state index in [1.54, 1.807) is 6.07 Å². The fraction of sp³-hybridized carbons (Fsp3) is 0.467. The zero-order valence-electron chi connectivity index (χ0n) is 12.0. The molecule has 0 saturated carbocycles. The summed E-state index contributed by atoms with van der Waals surface area (Å²) in [6.45, 7) is 5.33. The molecule has 1 amide bonds. The van der Waals surface area contributed by atoms with Gasteiger partial charge in [0.25, 0.3) is 5.91 Å². The molecule has 0 aliphatic carbocycles. The number of halogens is 1. The van der Waals surface area contributed by atoms with E-state index < -0.39 is 23.6 Å². The largest absolute Gasteiger partial charge is 0.481 e. The first kappa shape index (κ1) is 16.1. The summed E-state index contributed by atoms with van der Waals surface area (Å²) in [4.78, 5) is 24.8. The lowest BCUT2D eigenvalue weighted by Gasteiger charge is -2.30. The molecule has 0 saturated heterocycles. The Morgan fingerprint density at radius 2 is 1.90 bits per heavy atom. The number of carbonyl (C=O) groups is 2. The molecule has 2 unspecified atom stereocenters. The van der Waals surface area contributed by atoms with Gasteiger partial charge in [-0.1, -0.05) is 26.0 Å². The van der Waals surface area contributed by atoms with Crippen LogP contribution in [0.3, 0.4) is 0 Å². The van der Waals surface area contributed by atoms with Crippen LogP contribution in [0.25, 0.3) is 0 Å². The van der Waals surface area contributed by atoms with Crippen molar-refractivity contribution in [2.45, 2.75) is 33.2 Å². The van der Waals surface area contributed by atoms with Gasteiger partial charge in [-0.05, 0) is 25.5 Å². The summed E-state index contributed by atoms with van der Waals surface area (Å²) in [7, 11) is 0. The second-order valence-corrected chi connectivity index (χ2v) is 4.93. The Kier molecular flexibility index (Phi) is 5.67. The first-order valence-electron chi connectivity index (χ1n) is 6.66. The Balaban J connectivity index is 3.02. The smallest absolute Gasteiger partial charge is 0.308 e. The maximum absolute atomic E-state index is 13.7. The molecule has 0 bridgehead atoms. The zero-order valence-corrected chi connectivity index (χ0v) is 12.0. The van der Waals surface area contributed by atoms with Crippen molar-refractivity contribution < 1.29 is 19.1 Å². The molecule has 0 aliphatic heterocycles. The predicted molar refractivity (Wildman–Crippen MR) is 74.0 cm³/mol. The molecule has 0 aliphatic rings. The molecule has 1 aromatic rings. The van der Waals surface area contributed by atoms with Gasteiger partial charge in [0.2, 0.25) is 0 Å². The van der Waals surface area contributed by atoms with Crippen LogP contribution in [0.4, 0.5) is 4.39 Å². The van der Waals surface area contributed by atoms with Crippen molar-refractivity contribution in [3.8, 4) is 0 Å². The monoisotopic (exact) mass is 281 g/mol. The number of rotatable bonds is 6.